The largest absolute Gasteiger partial charge is 0.340 e. The van der Waals surface area contributed by atoms with Crippen LogP contribution < -0.4 is 5.32 Å². The molecule has 2 aliphatic rings. The van der Waals surface area contributed by atoms with Crippen LogP contribution >= 0.6 is 34.7 Å². The smallest absolute Gasteiger partial charge is 0.246 e. The molecule has 0 spiro atoms. The zero-order valence-corrected chi connectivity index (χ0v) is 19.6. The number of halogens is 2. The van der Waals surface area contributed by atoms with Crippen LogP contribution in [0.25, 0.3) is 10.2 Å². The fraction of sp³-hybridized carbons (Fsp3) is 0.318. The summed E-state index contributed by atoms with van der Waals surface area (Å²) >= 11 is 9.43. The van der Waals surface area contributed by atoms with Crippen molar-refractivity contribution in [1.82, 2.24) is 19.8 Å². The second-order valence-electron chi connectivity index (χ2n) is 7.69. The number of rotatable bonds is 5. The van der Waals surface area contributed by atoms with Crippen LogP contribution in [0.4, 0.5) is 15.9 Å². The molecule has 6 nitrogen and oxygen atoms in total. The fourth-order valence-electron chi connectivity index (χ4n) is 3.93. The summed E-state index contributed by atoms with van der Waals surface area (Å²) in [6, 6.07) is 4.49. The van der Waals surface area contributed by atoms with Crippen molar-refractivity contribution in [3.8, 4) is 0 Å². The number of hydrogen-bond donors (Lipinski definition) is 1. The van der Waals surface area contributed by atoms with Crippen LogP contribution in [0.15, 0.2) is 36.7 Å². The van der Waals surface area contributed by atoms with E-state index in [0.717, 1.165) is 46.2 Å². The van der Waals surface area contributed by atoms with Crippen molar-refractivity contribution >= 4 is 62.3 Å². The van der Waals surface area contributed by atoms with Gasteiger partial charge in [0.1, 0.15) is 22.8 Å². The molecule has 2 aliphatic heterocycles. The maximum Gasteiger partial charge on any atom is 0.246 e. The minimum absolute atomic E-state index is 0.0466. The van der Waals surface area contributed by atoms with E-state index in [1.165, 1.54) is 24.0 Å². The van der Waals surface area contributed by atoms with E-state index in [4.69, 9.17) is 11.6 Å². The second-order valence-corrected chi connectivity index (χ2v) is 10.3. The first-order valence-electron chi connectivity index (χ1n) is 10.3. The van der Waals surface area contributed by atoms with Gasteiger partial charge >= 0.3 is 0 Å². The second kappa shape index (κ2) is 9.35. The summed E-state index contributed by atoms with van der Waals surface area (Å²) in [5.41, 5.74) is 1.83. The number of thioether (sulfide) groups is 1. The van der Waals surface area contributed by atoms with Crippen LogP contribution in [0, 0.1) is 5.82 Å². The molecule has 1 saturated heterocycles. The van der Waals surface area contributed by atoms with Crippen molar-refractivity contribution < 1.29 is 9.18 Å². The van der Waals surface area contributed by atoms with Crippen LogP contribution in [-0.4, -0.2) is 56.9 Å². The third kappa shape index (κ3) is 4.47. The molecule has 2 aromatic heterocycles. The molecule has 0 bridgehead atoms. The predicted molar refractivity (Wildman–Crippen MR) is 129 cm³/mol. The molecular weight excluding hydrogens is 469 g/mol. The number of thiophene rings is 1. The standard InChI is InChI=1S/C22H21ClFN5OS2/c23-16-10-14(3-4-17(16)24)27-21-20-15-5-7-29(11-18(15)32-22(20)26-12-25-21)19(30)2-1-6-28-8-9-31-13-28/h1-4,10,12H,5-9,11,13H2,(H,25,26,27)/b2-1+. The molecular formula is C22H21ClFN5OS2. The number of aromatic nitrogens is 2. The van der Waals surface area contributed by atoms with Crippen molar-refractivity contribution in [1.29, 1.82) is 0 Å². The SMILES string of the molecule is O=C(/C=C/CN1CCSC1)N1CCc2c(sc3ncnc(Nc4ccc(F)c(Cl)c4)c23)C1. The van der Waals surface area contributed by atoms with Gasteiger partial charge in [-0.3, -0.25) is 9.69 Å². The van der Waals surface area contributed by atoms with E-state index in [2.05, 4.69) is 20.2 Å². The quantitative estimate of drug-likeness (QED) is 0.525. The average molecular weight is 490 g/mol. The van der Waals surface area contributed by atoms with E-state index in [-0.39, 0.29) is 10.9 Å². The third-order valence-corrected chi connectivity index (χ3v) is 8.01. The predicted octanol–water partition coefficient (Wildman–Crippen LogP) is 4.67. The Kier molecular flexibility index (Phi) is 6.32. The Morgan fingerprint density at radius 3 is 3.03 bits per heavy atom. The number of benzene rings is 1. The summed E-state index contributed by atoms with van der Waals surface area (Å²) in [5, 5.41) is 4.26. The number of fused-ring (bicyclic) bond motifs is 3. The minimum Gasteiger partial charge on any atom is -0.340 e. The summed E-state index contributed by atoms with van der Waals surface area (Å²) in [4.78, 5) is 27.8. The Bertz CT molecular complexity index is 1190. The summed E-state index contributed by atoms with van der Waals surface area (Å²) in [7, 11) is 0. The molecule has 0 aliphatic carbocycles. The van der Waals surface area contributed by atoms with Gasteiger partial charge < -0.3 is 10.2 Å². The van der Waals surface area contributed by atoms with Gasteiger partial charge in [-0.2, -0.15) is 0 Å². The molecule has 0 unspecified atom stereocenters. The van der Waals surface area contributed by atoms with Gasteiger partial charge in [0.15, 0.2) is 0 Å². The minimum atomic E-state index is -0.462. The van der Waals surface area contributed by atoms with E-state index in [1.807, 2.05) is 22.7 Å². The highest BCUT2D eigenvalue weighted by Gasteiger charge is 2.25. The molecule has 1 aromatic carbocycles. The van der Waals surface area contributed by atoms with E-state index in [1.54, 1.807) is 23.5 Å². The zero-order valence-electron chi connectivity index (χ0n) is 17.2. The highest BCUT2D eigenvalue weighted by molar-refractivity contribution is 7.99. The number of nitrogens with one attached hydrogen (secondary N) is 1. The number of anilines is 2. The first-order chi connectivity index (χ1) is 15.6. The average Bonchev–Trinajstić information content (AvgIpc) is 3.43. The lowest BCUT2D eigenvalue weighted by Gasteiger charge is -2.26. The van der Waals surface area contributed by atoms with Gasteiger partial charge in [-0.15, -0.1) is 23.1 Å². The van der Waals surface area contributed by atoms with Crippen molar-refractivity contribution in [2.45, 2.75) is 13.0 Å². The lowest BCUT2D eigenvalue weighted by Crippen LogP contribution is -2.34. The highest BCUT2D eigenvalue weighted by atomic mass is 35.5. The molecule has 0 atom stereocenters. The number of nitrogens with zero attached hydrogens (tertiary/aromatic N) is 4. The van der Waals surface area contributed by atoms with Crippen LogP contribution in [0.3, 0.4) is 0 Å². The molecule has 1 amide bonds. The van der Waals surface area contributed by atoms with E-state index in [0.29, 0.717) is 24.6 Å². The highest BCUT2D eigenvalue weighted by Crippen LogP contribution is 2.38. The van der Waals surface area contributed by atoms with Crippen molar-refractivity contribution in [2.24, 2.45) is 0 Å². The molecule has 1 N–H and O–H groups in total. The van der Waals surface area contributed by atoms with Crippen LogP contribution in [0.2, 0.25) is 5.02 Å². The molecule has 3 aromatic rings. The Balaban J connectivity index is 1.34. The van der Waals surface area contributed by atoms with Gasteiger partial charge in [-0.25, -0.2) is 14.4 Å². The first-order valence-corrected chi connectivity index (χ1v) is 12.7. The van der Waals surface area contributed by atoms with Crippen molar-refractivity contribution in [3.05, 3.63) is 58.0 Å². The molecule has 32 heavy (non-hydrogen) atoms. The lowest BCUT2D eigenvalue weighted by molar-refractivity contribution is -0.126. The monoisotopic (exact) mass is 489 g/mol. The third-order valence-electron chi connectivity index (χ3n) is 5.58. The summed E-state index contributed by atoms with van der Waals surface area (Å²) < 4.78 is 13.5. The maximum absolute atomic E-state index is 13.5. The first kappa shape index (κ1) is 21.6. The molecule has 0 saturated carbocycles. The molecule has 0 radical (unpaired) electrons. The Hall–Kier alpha value is -2.20. The summed E-state index contributed by atoms with van der Waals surface area (Å²) in [6.07, 6.45) is 5.92. The van der Waals surface area contributed by atoms with Gasteiger partial charge in [0.2, 0.25) is 5.91 Å². The Labute approximate surface area is 198 Å². The fourth-order valence-corrected chi connectivity index (χ4v) is 6.32. The topological polar surface area (TPSA) is 61.4 Å². The molecule has 4 heterocycles. The molecule has 166 valence electrons. The number of hydrogen-bond acceptors (Lipinski definition) is 7. The zero-order chi connectivity index (χ0) is 22.1. The normalized spacial score (nSPS) is 16.8. The Morgan fingerprint density at radius 2 is 2.22 bits per heavy atom. The van der Waals surface area contributed by atoms with E-state index >= 15 is 0 Å². The lowest BCUT2D eigenvalue weighted by atomic mass is 10.0. The summed E-state index contributed by atoms with van der Waals surface area (Å²) in [5.74, 6) is 2.45. The van der Waals surface area contributed by atoms with Crippen molar-refractivity contribution in [3.63, 3.8) is 0 Å². The van der Waals surface area contributed by atoms with Gasteiger partial charge in [0, 0.05) is 47.9 Å². The van der Waals surface area contributed by atoms with E-state index < -0.39 is 5.82 Å². The van der Waals surface area contributed by atoms with Gasteiger partial charge in [0.25, 0.3) is 0 Å². The number of amides is 1. The van der Waals surface area contributed by atoms with Gasteiger partial charge in [-0.1, -0.05) is 17.7 Å². The maximum atomic E-state index is 13.5. The van der Waals surface area contributed by atoms with Gasteiger partial charge in [0.05, 0.1) is 17.0 Å². The molecule has 1 fully saturated rings. The van der Waals surface area contributed by atoms with Crippen LogP contribution in [0.1, 0.15) is 10.4 Å². The molecule has 10 heteroatoms. The molecule has 5 rings (SSSR count). The van der Waals surface area contributed by atoms with Crippen LogP contribution in [-0.2, 0) is 17.8 Å². The van der Waals surface area contributed by atoms with Crippen molar-refractivity contribution in [2.75, 3.05) is 36.6 Å². The van der Waals surface area contributed by atoms with Crippen LogP contribution in [0.5, 0.6) is 0 Å². The number of carbonyl (C=O) groups is 1. The van der Waals surface area contributed by atoms with Gasteiger partial charge in [-0.05, 0) is 30.2 Å². The van der Waals surface area contributed by atoms with E-state index in [9.17, 15) is 9.18 Å². The summed E-state index contributed by atoms with van der Waals surface area (Å²) in [6.45, 7) is 3.12. The number of carbonyl (C=O) groups excluding carboxylic acids is 1. The Morgan fingerprint density at radius 1 is 1.31 bits per heavy atom.